The van der Waals surface area contributed by atoms with Gasteiger partial charge in [0, 0.05) is 42.0 Å². The molecule has 2 unspecified atom stereocenters. The minimum Gasteiger partial charge on any atom is -0.772 e. The largest absolute Gasteiger partial charge is 0.772 e. The first-order valence-corrected chi connectivity index (χ1v) is 11.3. The van der Waals surface area contributed by atoms with E-state index in [1.807, 2.05) is 6.92 Å². The highest BCUT2D eigenvalue weighted by Gasteiger charge is 2.26. The molecule has 8 heteroatoms. The van der Waals surface area contributed by atoms with Crippen LogP contribution in [0.5, 0.6) is 0 Å². The van der Waals surface area contributed by atoms with Gasteiger partial charge in [-0.05, 0) is 50.4 Å². The van der Waals surface area contributed by atoms with Crippen LogP contribution in [-0.2, 0) is 27.2 Å². The fourth-order valence-corrected chi connectivity index (χ4v) is 4.81. The van der Waals surface area contributed by atoms with Gasteiger partial charge in [-0.2, -0.15) is 0 Å². The van der Waals surface area contributed by atoms with Gasteiger partial charge in [0.25, 0.3) is 0 Å². The van der Waals surface area contributed by atoms with Crippen molar-refractivity contribution in [2.45, 2.75) is 43.9 Å². The van der Waals surface area contributed by atoms with Crippen LogP contribution in [0.15, 0.2) is 30.5 Å². The summed E-state index contributed by atoms with van der Waals surface area (Å²) in [7, 11) is 0. The molecule has 1 fully saturated rings. The van der Waals surface area contributed by atoms with Crippen LogP contribution in [0.1, 0.15) is 37.7 Å². The van der Waals surface area contributed by atoms with E-state index in [2.05, 4.69) is 39.9 Å². The molecule has 1 aliphatic heterocycles. The van der Waals surface area contributed by atoms with Gasteiger partial charge >= 0.3 is 5.97 Å². The van der Waals surface area contributed by atoms with E-state index in [4.69, 9.17) is 9.84 Å². The van der Waals surface area contributed by atoms with Crippen LogP contribution in [0.2, 0.25) is 0 Å². The number of aliphatic carboxylic acids is 1. The van der Waals surface area contributed by atoms with E-state index in [1.54, 1.807) is 0 Å². The van der Waals surface area contributed by atoms with E-state index in [1.165, 1.54) is 16.5 Å². The maximum Gasteiger partial charge on any atom is 0.304 e. The monoisotopic (exact) mass is 421 g/mol. The third-order valence-corrected chi connectivity index (χ3v) is 6.52. The van der Waals surface area contributed by atoms with Crippen molar-refractivity contribution in [3.05, 3.63) is 36.0 Å². The molecular formula is C21H29N2O5S-. The quantitative estimate of drug-likeness (QED) is 0.468. The number of aromatic nitrogens is 1. The van der Waals surface area contributed by atoms with Gasteiger partial charge in [0.05, 0.1) is 13.0 Å². The molecule has 1 saturated heterocycles. The molecule has 0 radical (unpaired) electrons. The number of rotatable bonds is 10. The molecule has 1 aromatic heterocycles. The number of benzene rings is 1. The van der Waals surface area contributed by atoms with E-state index in [-0.39, 0.29) is 13.0 Å². The highest BCUT2D eigenvalue weighted by molar-refractivity contribution is 7.79. The zero-order valence-electron chi connectivity index (χ0n) is 16.8. The number of nitrogens with zero attached hydrogens (tertiary/aromatic N) is 2. The SMILES string of the molecule is CCOCCn1cc(C2CCN(CC(CC(=O)O)S(=O)[O-])CC2)c2ccccc21. The van der Waals surface area contributed by atoms with Crippen molar-refractivity contribution >= 4 is 28.0 Å². The Morgan fingerprint density at radius 1 is 1.34 bits per heavy atom. The Balaban J connectivity index is 1.67. The van der Waals surface area contributed by atoms with Crippen molar-refractivity contribution < 1.29 is 23.4 Å². The Labute approximate surface area is 173 Å². The molecule has 0 amide bonds. The average Bonchev–Trinajstić information content (AvgIpc) is 3.07. The number of piperidine rings is 1. The second-order valence-electron chi connectivity index (χ2n) is 7.55. The maximum atomic E-state index is 11.3. The number of carboxylic acids is 1. The van der Waals surface area contributed by atoms with Gasteiger partial charge < -0.3 is 23.9 Å². The highest BCUT2D eigenvalue weighted by Crippen LogP contribution is 2.34. The van der Waals surface area contributed by atoms with E-state index in [0.717, 1.165) is 32.5 Å². The summed E-state index contributed by atoms with van der Waals surface area (Å²) in [6, 6.07) is 8.42. The van der Waals surface area contributed by atoms with Crippen LogP contribution >= 0.6 is 0 Å². The Bertz CT molecular complexity index is 845. The van der Waals surface area contributed by atoms with Crippen LogP contribution < -0.4 is 0 Å². The van der Waals surface area contributed by atoms with E-state index >= 15 is 0 Å². The molecular weight excluding hydrogens is 392 g/mol. The number of fused-ring (bicyclic) bond motifs is 1. The minimum absolute atomic E-state index is 0.283. The number of likely N-dealkylation sites (tertiary alicyclic amines) is 1. The van der Waals surface area contributed by atoms with Gasteiger partial charge in [0.15, 0.2) is 0 Å². The van der Waals surface area contributed by atoms with Gasteiger partial charge in [-0.15, -0.1) is 0 Å². The topological polar surface area (TPSA) is 94.8 Å². The first kappa shape index (κ1) is 22.0. The van der Waals surface area contributed by atoms with Crippen LogP contribution in [0.3, 0.4) is 0 Å². The molecule has 29 heavy (non-hydrogen) atoms. The maximum absolute atomic E-state index is 11.3. The average molecular weight is 422 g/mol. The number of carbonyl (C=O) groups is 1. The normalized spacial score (nSPS) is 18.1. The molecule has 160 valence electrons. The molecule has 3 rings (SSSR count). The van der Waals surface area contributed by atoms with E-state index in [0.29, 0.717) is 19.1 Å². The Hall–Kier alpha value is -1.74. The van der Waals surface area contributed by atoms with Gasteiger partial charge in [-0.3, -0.25) is 9.00 Å². The van der Waals surface area contributed by atoms with Crippen LogP contribution in [-0.4, -0.2) is 67.4 Å². The van der Waals surface area contributed by atoms with Gasteiger partial charge in [0.1, 0.15) is 0 Å². The Kier molecular flexibility index (Phi) is 7.83. The summed E-state index contributed by atoms with van der Waals surface area (Å²) >= 11 is -2.38. The fourth-order valence-electron chi connectivity index (χ4n) is 4.20. The first-order valence-electron chi connectivity index (χ1n) is 10.2. The molecule has 0 bridgehead atoms. The third kappa shape index (κ3) is 5.66. The molecule has 0 spiro atoms. The predicted molar refractivity (Wildman–Crippen MR) is 112 cm³/mol. The zero-order chi connectivity index (χ0) is 20.8. The Morgan fingerprint density at radius 2 is 2.07 bits per heavy atom. The summed E-state index contributed by atoms with van der Waals surface area (Å²) in [4.78, 5) is 13.0. The smallest absolute Gasteiger partial charge is 0.304 e. The molecule has 0 aliphatic carbocycles. The predicted octanol–water partition coefficient (Wildman–Crippen LogP) is 2.58. The fraction of sp³-hybridized carbons (Fsp3) is 0.571. The molecule has 1 N–H and O–H groups in total. The van der Waals surface area contributed by atoms with Crippen LogP contribution in [0.25, 0.3) is 10.9 Å². The van der Waals surface area contributed by atoms with Crippen LogP contribution in [0.4, 0.5) is 0 Å². The number of ether oxygens (including phenoxy) is 1. The molecule has 7 nitrogen and oxygen atoms in total. The second-order valence-corrected chi connectivity index (χ2v) is 8.73. The third-order valence-electron chi connectivity index (χ3n) is 5.66. The van der Waals surface area contributed by atoms with Crippen molar-refractivity contribution in [3.63, 3.8) is 0 Å². The minimum atomic E-state index is -2.38. The summed E-state index contributed by atoms with van der Waals surface area (Å²) < 4.78 is 30.5. The number of hydrogen-bond acceptors (Lipinski definition) is 5. The molecule has 0 saturated carbocycles. The molecule has 2 atom stereocenters. The van der Waals surface area contributed by atoms with Crippen molar-refractivity contribution in [2.24, 2.45) is 0 Å². The highest BCUT2D eigenvalue weighted by atomic mass is 32.2. The molecule has 2 aromatic rings. The van der Waals surface area contributed by atoms with Gasteiger partial charge in [-0.25, -0.2) is 0 Å². The van der Waals surface area contributed by atoms with Crippen molar-refractivity contribution in [1.82, 2.24) is 9.47 Å². The summed E-state index contributed by atoms with van der Waals surface area (Å²) in [6.07, 6.45) is 3.77. The summed E-state index contributed by atoms with van der Waals surface area (Å²) in [5.74, 6) is -0.658. The van der Waals surface area contributed by atoms with Crippen molar-refractivity contribution in [1.29, 1.82) is 0 Å². The van der Waals surface area contributed by atoms with E-state index < -0.39 is 22.3 Å². The van der Waals surface area contributed by atoms with Gasteiger partial charge in [0.2, 0.25) is 0 Å². The lowest BCUT2D eigenvalue weighted by Crippen LogP contribution is -2.40. The Morgan fingerprint density at radius 3 is 2.72 bits per heavy atom. The standard InChI is InChI=1S/C21H30N2O5S/c1-2-28-12-11-23-15-19(18-5-3-4-6-20(18)23)16-7-9-22(10-8-16)14-17(29(26)27)13-21(24)25/h3-6,15-17H,2,7-14H2,1H3,(H,24,25)(H,26,27)/p-1. The molecule has 1 aliphatic rings. The summed E-state index contributed by atoms with van der Waals surface area (Å²) in [5.41, 5.74) is 2.55. The van der Waals surface area contributed by atoms with E-state index in [9.17, 15) is 13.6 Å². The molecule has 2 heterocycles. The van der Waals surface area contributed by atoms with Crippen molar-refractivity contribution in [2.75, 3.05) is 32.8 Å². The summed E-state index contributed by atoms with van der Waals surface area (Å²) in [5, 5.41) is 9.34. The lowest BCUT2D eigenvalue weighted by Gasteiger charge is -2.34. The lowest BCUT2D eigenvalue weighted by molar-refractivity contribution is -0.137. The molecule has 1 aromatic carbocycles. The lowest BCUT2D eigenvalue weighted by atomic mass is 9.89. The summed E-state index contributed by atoms with van der Waals surface area (Å²) in [6.45, 7) is 6.04. The number of para-hydroxylation sites is 1. The van der Waals surface area contributed by atoms with Crippen LogP contribution in [0, 0.1) is 0 Å². The van der Waals surface area contributed by atoms with Crippen molar-refractivity contribution in [3.8, 4) is 0 Å². The van der Waals surface area contributed by atoms with Gasteiger partial charge in [-0.1, -0.05) is 29.3 Å². The number of hydrogen-bond donors (Lipinski definition) is 1. The first-order chi connectivity index (χ1) is 14.0. The zero-order valence-corrected chi connectivity index (χ0v) is 17.6. The second kappa shape index (κ2) is 10.3. The number of carboxylic acid groups (broad SMARTS) is 1.